The third kappa shape index (κ3) is 5.45. The van der Waals surface area contributed by atoms with Gasteiger partial charge in [0.25, 0.3) is 5.91 Å². The van der Waals surface area contributed by atoms with Gasteiger partial charge in [-0.3, -0.25) is 9.59 Å². The zero-order valence-corrected chi connectivity index (χ0v) is 32.4. The highest BCUT2D eigenvalue weighted by Crippen LogP contribution is 2.77. The highest BCUT2D eigenvalue weighted by atomic mass is 16.5. The molecule has 0 bridgehead atoms. The van der Waals surface area contributed by atoms with Crippen molar-refractivity contribution in [1.82, 2.24) is 10.6 Å². The molecule has 0 radical (unpaired) electrons. The van der Waals surface area contributed by atoms with Gasteiger partial charge in [-0.25, -0.2) is 4.79 Å². The van der Waals surface area contributed by atoms with Gasteiger partial charge >= 0.3 is 5.97 Å². The van der Waals surface area contributed by atoms with Crippen LogP contribution in [0.5, 0.6) is 0 Å². The zero-order chi connectivity index (χ0) is 37.4. The molecule has 0 saturated heterocycles. The van der Waals surface area contributed by atoms with E-state index in [1.807, 2.05) is 0 Å². The van der Waals surface area contributed by atoms with Crippen molar-refractivity contribution in [1.29, 1.82) is 0 Å². The number of nitrogens with one attached hydrogen (secondary N) is 2. The number of amides is 2. The Morgan fingerprint density at radius 3 is 2.17 bits per heavy atom. The topological polar surface area (TPSA) is 131 Å². The number of carbonyl (C=O) groups is 3. The lowest BCUT2D eigenvalue weighted by Crippen LogP contribution is -2.67. The lowest BCUT2D eigenvalue weighted by molar-refractivity contribution is -0.246. The fraction of sp³-hybridized carbons (Fsp3) is 0.698. The van der Waals surface area contributed by atoms with Gasteiger partial charge in [0, 0.05) is 0 Å². The molecule has 2 amide bonds. The van der Waals surface area contributed by atoms with Gasteiger partial charge < -0.3 is 29.3 Å². The Labute approximate surface area is 309 Å². The number of ether oxygens (including phenoxy) is 1. The summed E-state index contributed by atoms with van der Waals surface area (Å²) in [6, 6.07) is 6.46. The van der Waals surface area contributed by atoms with Gasteiger partial charge in [-0.1, -0.05) is 46.8 Å². The number of methoxy groups -OCH3 is 1. The van der Waals surface area contributed by atoms with E-state index < -0.39 is 17.3 Å². The Bertz CT molecular complexity index is 1740. The Morgan fingerprint density at radius 2 is 1.48 bits per heavy atom. The van der Waals surface area contributed by atoms with E-state index in [-0.39, 0.29) is 64.2 Å². The minimum Gasteiger partial charge on any atom is -0.463 e. The molecular weight excluding hydrogens is 656 g/mol. The molecule has 2 aromatic heterocycles. The number of fused-ring (bicyclic) bond motifs is 7. The molecule has 5 saturated carbocycles. The van der Waals surface area contributed by atoms with Crippen molar-refractivity contribution < 1.29 is 33.1 Å². The first-order valence-electron chi connectivity index (χ1n) is 19.7. The molecule has 0 spiro atoms. The van der Waals surface area contributed by atoms with Crippen LogP contribution >= 0.6 is 0 Å². The number of esters is 1. The quantitative estimate of drug-likeness (QED) is 0.185. The van der Waals surface area contributed by atoms with Gasteiger partial charge in [0.15, 0.2) is 5.76 Å². The normalized spacial score (nSPS) is 38.9. The molecule has 3 N–H and O–H groups in total. The van der Waals surface area contributed by atoms with Crippen molar-refractivity contribution in [2.75, 3.05) is 7.11 Å². The summed E-state index contributed by atoms with van der Waals surface area (Å²) in [7, 11) is 1.28. The molecular formula is C43H60N2O7. The molecule has 5 aliphatic carbocycles. The summed E-state index contributed by atoms with van der Waals surface area (Å²) >= 11 is 0. The molecule has 9 nitrogen and oxygen atoms in total. The molecule has 7 rings (SSSR count). The maximum Gasteiger partial charge on any atom is 0.373 e. The molecule has 10 atom stereocenters. The van der Waals surface area contributed by atoms with Crippen LogP contribution in [0.15, 0.2) is 45.3 Å². The van der Waals surface area contributed by atoms with E-state index in [1.54, 1.807) is 18.2 Å². The predicted octanol–water partition coefficient (Wildman–Crippen LogP) is 8.22. The highest BCUT2D eigenvalue weighted by molar-refractivity contribution is 5.91. The summed E-state index contributed by atoms with van der Waals surface area (Å²) in [5.74, 6) is 2.39. The maximum atomic E-state index is 14.6. The van der Waals surface area contributed by atoms with E-state index in [2.05, 4.69) is 63.5 Å². The number of allylic oxidation sites excluding steroid dienone is 1. The fourth-order valence-corrected chi connectivity index (χ4v) is 13.4. The molecule has 0 aromatic carbocycles. The van der Waals surface area contributed by atoms with Gasteiger partial charge in [0.1, 0.15) is 11.5 Å². The molecule has 284 valence electrons. The van der Waals surface area contributed by atoms with Crippen LogP contribution in [-0.2, 0) is 22.6 Å². The Balaban J connectivity index is 1.06. The Morgan fingerprint density at radius 1 is 0.808 bits per heavy atom. The second kappa shape index (κ2) is 12.9. The van der Waals surface area contributed by atoms with Gasteiger partial charge in [-0.2, -0.15) is 0 Å². The van der Waals surface area contributed by atoms with Crippen molar-refractivity contribution in [3.8, 4) is 0 Å². The van der Waals surface area contributed by atoms with Crippen molar-refractivity contribution >= 4 is 17.8 Å². The van der Waals surface area contributed by atoms with Crippen molar-refractivity contribution in [3.63, 3.8) is 0 Å². The fourth-order valence-electron chi connectivity index (χ4n) is 13.4. The highest BCUT2D eigenvalue weighted by Gasteiger charge is 2.71. The van der Waals surface area contributed by atoms with Crippen LogP contribution in [0.3, 0.4) is 0 Å². The second-order valence-corrected chi connectivity index (χ2v) is 18.6. The largest absolute Gasteiger partial charge is 0.463 e. The Kier molecular flexibility index (Phi) is 9.19. The first kappa shape index (κ1) is 37.0. The molecule has 0 aliphatic heterocycles. The average Bonchev–Trinajstić information content (AvgIpc) is 3.87. The SMILES string of the molecule is C=C(C)[C@@H]1CC[C@]2(C(=O)NCc3ccc(C(=O)NCc4ccc(C(=O)OC)o4)o3)CC[C@]3(C)C(CCC4[C@@]5(C)CC[C@H](O)C(C)(C)C5CC[C@]43C)C12. The second-order valence-electron chi connectivity index (χ2n) is 18.6. The summed E-state index contributed by atoms with van der Waals surface area (Å²) in [4.78, 5) is 39.1. The Hall–Kier alpha value is -3.33. The number of aliphatic hydroxyl groups excluding tert-OH is 1. The standard InChI is InChI=1S/C43H60N2O7/c1-25(2)28-15-20-43(38(49)45-24-27-9-12-30(51-27)36(47)44-23-26-10-13-31(52-26)37(48)50-8)22-21-41(6)29(35(28)43)11-14-33-40(5)18-17-34(46)39(3,4)32(40)16-19-42(33,41)7/h9-10,12-13,28-29,32-35,46H,1,11,14-24H2,2-8H3,(H,44,47)(H,45,49)/t28-,29?,32?,33?,34-,35?,40-,41+,42+,43-/m0/s1. The minimum absolute atomic E-state index is 0.0670. The maximum absolute atomic E-state index is 14.6. The summed E-state index contributed by atoms with van der Waals surface area (Å²) in [5, 5.41) is 17.1. The number of furan rings is 2. The third-order valence-corrected chi connectivity index (χ3v) is 16.3. The van der Waals surface area contributed by atoms with Crippen LogP contribution < -0.4 is 10.6 Å². The van der Waals surface area contributed by atoms with Crippen LogP contribution in [0.2, 0.25) is 0 Å². The monoisotopic (exact) mass is 716 g/mol. The average molecular weight is 717 g/mol. The van der Waals surface area contributed by atoms with Crippen LogP contribution in [0.4, 0.5) is 0 Å². The van der Waals surface area contributed by atoms with Crippen molar-refractivity contribution in [2.45, 2.75) is 125 Å². The van der Waals surface area contributed by atoms with Crippen LogP contribution in [0, 0.1) is 56.7 Å². The smallest absolute Gasteiger partial charge is 0.373 e. The van der Waals surface area contributed by atoms with Gasteiger partial charge in [0.2, 0.25) is 11.7 Å². The van der Waals surface area contributed by atoms with Crippen molar-refractivity contribution in [3.05, 3.63) is 59.5 Å². The van der Waals surface area contributed by atoms with Gasteiger partial charge in [-0.05, 0) is 147 Å². The summed E-state index contributed by atoms with van der Waals surface area (Å²) in [6.45, 7) is 19.3. The van der Waals surface area contributed by atoms with E-state index in [0.717, 1.165) is 44.9 Å². The van der Waals surface area contributed by atoms with E-state index in [1.165, 1.54) is 38.0 Å². The van der Waals surface area contributed by atoms with Gasteiger partial charge in [-0.15, -0.1) is 0 Å². The van der Waals surface area contributed by atoms with Crippen LogP contribution in [-0.4, -0.2) is 36.1 Å². The number of carbonyl (C=O) groups excluding carboxylic acids is 3. The zero-order valence-electron chi connectivity index (χ0n) is 32.4. The van der Waals surface area contributed by atoms with Gasteiger partial charge in [0.05, 0.1) is 31.7 Å². The molecule has 9 heteroatoms. The molecule has 5 aliphatic rings. The lowest BCUT2D eigenvalue weighted by Gasteiger charge is -2.72. The third-order valence-electron chi connectivity index (χ3n) is 16.3. The van der Waals surface area contributed by atoms with E-state index >= 15 is 0 Å². The molecule has 5 fully saturated rings. The number of hydrogen-bond acceptors (Lipinski definition) is 7. The van der Waals surface area contributed by atoms with E-state index in [9.17, 15) is 19.5 Å². The van der Waals surface area contributed by atoms with E-state index in [0.29, 0.717) is 35.2 Å². The number of rotatable bonds is 8. The first-order chi connectivity index (χ1) is 24.5. The number of aliphatic hydroxyl groups is 1. The summed E-state index contributed by atoms with van der Waals surface area (Å²) < 4.78 is 16.0. The summed E-state index contributed by atoms with van der Waals surface area (Å²) in [6.07, 6.45) is 10.2. The number of hydrogen-bond donors (Lipinski definition) is 3. The lowest BCUT2D eigenvalue weighted by atomic mass is 9.32. The van der Waals surface area contributed by atoms with Crippen LogP contribution in [0.1, 0.15) is 138 Å². The predicted molar refractivity (Wildman–Crippen MR) is 197 cm³/mol. The molecule has 52 heavy (non-hydrogen) atoms. The molecule has 2 heterocycles. The first-order valence-corrected chi connectivity index (χ1v) is 19.7. The summed E-state index contributed by atoms with van der Waals surface area (Å²) in [5.41, 5.74) is 1.19. The van der Waals surface area contributed by atoms with Crippen LogP contribution in [0.25, 0.3) is 0 Å². The van der Waals surface area contributed by atoms with Crippen molar-refractivity contribution in [2.24, 2.45) is 56.7 Å². The minimum atomic E-state index is -0.583. The molecule has 4 unspecified atom stereocenters. The van der Waals surface area contributed by atoms with E-state index in [4.69, 9.17) is 8.83 Å². The molecule has 2 aromatic rings.